The van der Waals surface area contributed by atoms with E-state index >= 15 is 0 Å². The van der Waals surface area contributed by atoms with Crippen LogP contribution in [0.15, 0.2) is 29.2 Å². The maximum Gasteiger partial charge on any atom is 0.240 e. The van der Waals surface area contributed by atoms with Gasteiger partial charge in [0.2, 0.25) is 15.9 Å². The van der Waals surface area contributed by atoms with Gasteiger partial charge in [0.15, 0.2) is 0 Å². The topological polar surface area (TPSA) is 87.3 Å². The number of carbonyl (C=O) groups excluding carboxylic acids is 1. The fraction of sp³-hybridized carbons (Fsp3) is 0.500. The van der Waals surface area contributed by atoms with Crippen molar-refractivity contribution in [3.05, 3.63) is 29.8 Å². The maximum absolute atomic E-state index is 11.8. The summed E-state index contributed by atoms with van der Waals surface area (Å²) in [4.78, 5) is 12.0. The second kappa shape index (κ2) is 9.78. The molecule has 0 saturated carbocycles. The molecule has 1 amide bonds. The highest BCUT2D eigenvalue weighted by molar-refractivity contribution is 7.89. The number of rotatable bonds is 8. The fourth-order valence-electron chi connectivity index (χ4n) is 1.89. The molecule has 0 fully saturated rings. The molecular formula is C14H24ClN3O3S. The SMILES string of the molecule is CNCCCC(=O)NC(C)c1cccc(S(=O)(=O)NC)c1.Cl. The van der Waals surface area contributed by atoms with E-state index in [1.165, 1.54) is 13.1 Å². The second-order valence-electron chi connectivity index (χ2n) is 4.78. The van der Waals surface area contributed by atoms with Gasteiger partial charge < -0.3 is 10.6 Å². The first-order chi connectivity index (χ1) is 9.90. The zero-order chi connectivity index (χ0) is 15.9. The third-order valence-electron chi connectivity index (χ3n) is 3.15. The molecule has 126 valence electrons. The lowest BCUT2D eigenvalue weighted by molar-refractivity contribution is -0.121. The van der Waals surface area contributed by atoms with Crippen LogP contribution in [0, 0.1) is 0 Å². The molecule has 1 aromatic carbocycles. The van der Waals surface area contributed by atoms with Crippen LogP contribution in [0.25, 0.3) is 0 Å². The maximum atomic E-state index is 11.8. The third-order valence-corrected chi connectivity index (χ3v) is 4.56. The number of amides is 1. The van der Waals surface area contributed by atoms with Crippen LogP contribution < -0.4 is 15.4 Å². The Morgan fingerprint density at radius 3 is 2.55 bits per heavy atom. The van der Waals surface area contributed by atoms with Crippen molar-refractivity contribution in [1.82, 2.24) is 15.4 Å². The van der Waals surface area contributed by atoms with Crippen molar-refractivity contribution in [1.29, 1.82) is 0 Å². The highest BCUT2D eigenvalue weighted by Crippen LogP contribution is 2.17. The van der Waals surface area contributed by atoms with Gasteiger partial charge in [0.25, 0.3) is 0 Å². The molecule has 0 radical (unpaired) electrons. The van der Waals surface area contributed by atoms with E-state index in [-0.39, 0.29) is 29.3 Å². The minimum atomic E-state index is -3.47. The number of halogens is 1. The molecule has 0 saturated heterocycles. The summed E-state index contributed by atoms with van der Waals surface area (Å²) in [6, 6.07) is 6.33. The van der Waals surface area contributed by atoms with E-state index in [0.29, 0.717) is 6.42 Å². The van der Waals surface area contributed by atoms with E-state index in [2.05, 4.69) is 15.4 Å². The Bertz CT molecular complexity index is 578. The molecule has 0 heterocycles. The summed E-state index contributed by atoms with van der Waals surface area (Å²) in [6.07, 6.45) is 1.21. The van der Waals surface area contributed by atoms with Gasteiger partial charge in [-0.25, -0.2) is 13.1 Å². The van der Waals surface area contributed by atoms with E-state index in [9.17, 15) is 13.2 Å². The molecule has 1 atom stereocenters. The Morgan fingerprint density at radius 1 is 1.27 bits per heavy atom. The smallest absolute Gasteiger partial charge is 0.240 e. The molecule has 0 aliphatic rings. The first-order valence-electron chi connectivity index (χ1n) is 6.88. The summed E-state index contributed by atoms with van der Waals surface area (Å²) >= 11 is 0. The molecule has 0 aromatic heterocycles. The molecule has 6 nitrogen and oxygen atoms in total. The van der Waals surface area contributed by atoms with Crippen molar-refractivity contribution in [3.8, 4) is 0 Å². The van der Waals surface area contributed by atoms with Crippen LogP contribution in [-0.2, 0) is 14.8 Å². The monoisotopic (exact) mass is 349 g/mol. The molecule has 8 heteroatoms. The first-order valence-corrected chi connectivity index (χ1v) is 8.36. The highest BCUT2D eigenvalue weighted by Gasteiger charge is 2.14. The van der Waals surface area contributed by atoms with Crippen LogP contribution in [0.4, 0.5) is 0 Å². The Labute approximate surface area is 138 Å². The molecule has 0 bridgehead atoms. The highest BCUT2D eigenvalue weighted by atomic mass is 35.5. The zero-order valence-corrected chi connectivity index (χ0v) is 14.7. The first kappa shape index (κ1) is 20.9. The largest absolute Gasteiger partial charge is 0.350 e. The minimum absolute atomic E-state index is 0. The van der Waals surface area contributed by atoms with Gasteiger partial charge in [-0.1, -0.05) is 12.1 Å². The van der Waals surface area contributed by atoms with E-state index in [0.717, 1.165) is 18.5 Å². The summed E-state index contributed by atoms with van der Waals surface area (Å²) in [5, 5.41) is 5.85. The average molecular weight is 350 g/mol. The minimum Gasteiger partial charge on any atom is -0.350 e. The molecule has 22 heavy (non-hydrogen) atoms. The molecule has 1 unspecified atom stereocenters. The second-order valence-corrected chi connectivity index (χ2v) is 6.66. The van der Waals surface area contributed by atoms with Gasteiger partial charge in [-0.15, -0.1) is 12.4 Å². The zero-order valence-electron chi connectivity index (χ0n) is 13.0. The van der Waals surface area contributed by atoms with Gasteiger partial charge in [0.05, 0.1) is 10.9 Å². The van der Waals surface area contributed by atoms with Crippen LogP contribution in [0.5, 0.6) is 0 Å². The average Bonchev–Trinajstić information content (AvgIpc) is 2.47. The van der Waals surface area contributed by atoms with Gasteiger partial charge in [0.1, 0.15) is 0 Å². The van der Waals surface area contributed by atoms with Crippen LogP contribution in [0.1, 0.15) is 31.4 Å². The lowest BCUT2D eigenvalue weighted by atomic mass is 10.1. The fourth-order valence-corrected chi connectivity index (χ4v) is 2.68. The van der Waals surface area contributed by atoms with Crippen molar-refractivity contribution in [2.45, 2.75) is 30.7 Å². The summed E-state index contributed by atoms with van der Waals surface area (Å²) in [5.74, 6) is -0.0420. The van der Waals surface area contributed by atoms with E-state index < -0.39 is 10.0 Å². The number of benzene rings is 1. The molecule has 1 aromatic rings. The molecular weight excluding hydrogens is 326 g/mol. The number of hydrogen-bond donors (Lipinski definition) is 3. The summed E-state index contributed by atoms with van der Waals surface area (Å²) in [6.45, 7) is 2.62. The normalized spacial score (nSPS) is 12.3. The van der Waals surface area contributed by atoms with Gasteiger partial charge in [0, 0.05) is 6.42 Å². The van der Waals surface area contributed by atoms with Crippen LogP contribution in [0.3, 0.4) is 0 Å². The van der Waals surface area contributed by atoms with Crippen molar-refractivity contribution in [3.63, 3.8) is 0 Å². The number of hydrogen-bond acceptors (Lipinski definition) is 4. The Balaban J connectivity index is 0.00000441. The van der Waals surface area contributed by atoms with Gasteiger partial charge >= 0.3 is 0 Å². The Kier molecular flexibility index (Phi) is 9.27. The number of carbonyl (C=O) groups is 1. The summed E-state index contributed by atoms with van der Waals surface area (Å²) < 4.78 is 25.8. The quantitative estimate of drug-likeness (QED) is 0.615. The van der Waals surface area contributed by atoms with Crippen molar-refractivity contribution in [2.75, 3.05) is 20.6 Å². The van der Waals surface area contributed by atoms with Crippen molar-refractivity contribution in [2.24, 2.45) is 0 Å². The number of nitrogens with one attached hydrogen (secondary N) is 3. The van der Waals surface area contributed by atoms with Crippen LogP contribution >= 0.6 is 12.4 Å². The molecule has 0 aliphatic carbocycles. The molecule has 0 spiro atoms. The van der Waals surface area contributed by atoms with E-state index in [1.54, 1.807) is 18.2 Å². The summed E-state index contributed by atoms with van der Waals surface area (Å²) in [7, 11) is -0.260. The lowest BCUT2D eigenvalue weighted by Gasteiger charge is -2.15. The number of sulfonamides is 1. The molecule has 0 aliphatic heterocycles. The van der Waals surface area contributed by atoms with E-state index in [1.807, 2.05) is 14.0 Å². The molecule has 3 N–H and O–H groups in total. The Morgan fingerprint density at radius 2 is 1.95 bits per heavy atom. The summed E-state index contributed by atoms with van der Waals surface area (Å²) in [5.41, 5.74) is 0.758. The van der Waals surface area contributed by atoms with Gasteiger partial charge in [-0.3, -0.25) is 4.79 Å². The van der Waals surface area contributed by atoms with E-state index in [4.69, 9.17) is 0 Å². The lowest BCUT2D eigenvalue weighted by Crippen LogP contribution is -2.27. The standard InChI is InChI=1S/C14H23N3O3S.ClH/c1-11(17-14(18)8-5-9-15-2)12-6-4-7-13(10-12)21(19,20)16-3;/h4,6-7,10-11,15-16H,5,8-9H2,1-3H3,(H,17,18);1H. The third kappa shape index (κ3) is 6.31. The van der Waals surface area contributed by atoms with Gasteiger partial charge in [-0.05, 0) is 51.7 Å². The van der Waals surface area contributed by atoms with Crippen molar-refractivity contribution >= 4 is 28.3 Å². The van der Waals surface area contributed by atoms with Crippen molar-refractivity contribution < 1.29 is 13.2 Å². The Hall–Kier alpha value is -1.15. The van der Waals surface area contributed by atoms with Gasteiger partial charge in [-0.2, -0.15) is 0 Å². The molecule has 1 rings (SSSR count). The predicted molar refractivity (Wildman–Crippen MR) is 89.7 cm³/mol. The van der Waals surface area contributed by atoms with Crippen LogP contribution in [-0.4, -0.2) is 35.0 Å². The van der Waals surface area contributed by atoms with Crippen LogP contribution in [0.2, 0.25) is 0 Å². The predicted octanol–water partition coefficient (Wildman–Crippen LogP) is 1.19.